The number of aromatic nitrogens is 2. The van der Waals surface area contributed by atoms with Crippen molar-refractivity contribution in [3.8, 4) is 0 Å². The number of piperazine rings is 1. The minimum atomic E-state index is -3.70. The van der Waals surface area contributed by atoms with E-state index in [9.17, 15) is 18.0 Å². The molecule has 4 rings (SSSR count). The van der Waals surface area contributed by atoms with Gasteiger partial charge in [0.05, 0.1) is 15.1 Å². The van der Waals surface area contributed by atoms with Crippen molar-refractivity contribution in [2.75, 3.05) is 26.2 Å². The lowest BCUT2D eigenvalue weighted by atomic mass is 10.2. The molecule has 3 heterocycles. The van der Waals surface area contributed by atoms with Crippen LogP contribution < -0.4 is 4.87 Å². The molecule has 1 aliphatic rings. The Bertz CT molecular complexity index is 1230. The normalized spacial score (nSPS) is 15.6. The van der Waals surface area contributed by atoms with Gasteiger partial charge in [-0.25, -0.2) is 8.42 Å². The molecule has 1 saturated heterocycles. The SMILES string of the molecule is CCCn1c(=O)sc2cc(S(=O)(=O)N3CCN(C(=O)c4ccncc4)CC3)ccc21. The number of amides is 1. The smallest absolute Gasteiger partial charge is 0.308 e. The Labute approximate surface area is 178 Å². The first-order chi connectivity index (χ1) is 14.4. The van der Waals surface area contributed by atoms with Crippen LogP contribution in [0.1, 0.15) is 23.7 Å². The third-order valence-corrected chi connectivity index (χ3v) is 8.01. The maximum Gasteiger partial charge on any atom is 0.308 e. The van der Waals surface area contributed by atoms with E-state index in [2.05, 4.69) is 4.98 Å². The summed E-state index contributed by atoms with van der Waals surface area (Å²) in [4.78, 5) is 30.4. The van der Waals surface area contributed by atoms with E-state index < -0.39 is 10.0 Å². The van der Waals surface area contributed by atoms with Crippen LogP contribution in [-0.2, 0) is 16.6 Å². The van der Waals surface area contributed by atoms with Gasteiger partial charge >= 0.3 is 4.87 Å². The molecule has 0 atom stereocenters. The van der Waals surface area contributed by atoms with E-state index in [-0.39, 0.29) is 28.8 Å². The fourth-order valence-electron chi connectivity index (χ4n) is 3.60. The van der Waals surface area contributed by atoms with Crippen LogP contribution in [0.3, 0.4) is 0 Å². The summed E-state index contributed by atoms with van der Waals surface area (Å²) in [5.74, 6) is -0.127. The van der Waals surface area contributed by atoms with Gasteiger partial charge in [-0.1, -0.05) is 18.3 Å². The predicted octanol–water partition coefficient (Wildman–Crippen LogP) is 2.01. The largest absolute Gasteiger partial charge is 0.336 e. The van der Waals surface area contributed by atoms with E-state index in [0.717, 1.165) is 23.3 Å². The summed E-state index contributed by atoms with van der Waals surface area (Å²) < 4.78 is 30.0. The molecule has 0 aliphatic carbocycles. The molecule has 1 amide bonds. The number of pyridine rings is 1. The first-order valence-electron chi connectivity index (χ1n) is 9.74. The summed E-state index contributed by atoms with van der Waals surface area (Å²) in [6.07, 6.45) is 3.95. The van der Waals surface area contributed by atoms with Crippen molar-refractivity contribution in [1.82, 2.24) is 18.8 Å². The van der Waals surface area contributed by atoms with Gasteiger partial charge in [-0.15, -0.1) is 0 Å². The standard InChI is InChI=1S/C20H22N4O4S2/c1-2-9-24-17-4-3-16(14-18(17)29-20(24)26)30(27,28)23-12-10-22(11-13-23)19(25)15-5-7-21-8-6-15/h3-8,14H,2,9-13H2,1H3. The van der Waals surface area contributed by atoms with Crippen molar-refractivity contribution < 1.29 is 13.2 Å². The minimum Gasteiger partial charge on any atom is -0.336 e. The summed E-state index contributed by atoms with van der Waals surface area (Å²) in [7, 11) is -3.70. The molecular formula is C20H22N4O4S2. The van der Waals surface area contributed by atoms with E-state index in [1.165, 1.54) is 4.31 Å². The highest BCUT2D eigenvalue weighted by Crippen LogP contribution is 2.25. The highest BCUT2D eigenvalue weighted by atomic mass is 32.2. The molecule has 158 valence electrons. The molecule has 30 heavy (non-hydrogen) atoms. The first kappa shape index (κ1) is 20.7. The minimum absolute atomic E-state index is 0.0790. The van der Waals surface area contributed by atoms with Crippen molar-refractivity contribution >= 4 is 37.5 Å². The highest BCUT2D eigenvalue weighted by Gasteiger charge is 2.30. The number of sulfonamides is 1. The van der Waals surface area contributed by atoms with E-state index in [1.54, 1.807) is 52.2 Å². The van der Waals surface area contributed by atoms with E-state index in [4.69, 9.17) is 0 Å². The van der Waals surface area contributed by atoms with Gasteiger partial charge in [0, 0.05) is 50.7 Å². The zero-order chi connectivity index (χ0) is 21.3. The number of hydrogen-bond donors (Lipinski definition) is 0. The number of carbonyl (C=O) groups is 1. The van der Waals surface area contributed by atoms with Crippen LogP contribution in [0.5, 0.6) is 0 Å². The second kappa shape index (κ2) is 8.29. The Morgan fingerprint density at radius 3 is 2.47 bits per heavy atom. The Morgan fingerprint density at radius 1 is 1.10 bits per heavy atom. The van der Waals surface area contributed by atoms with Gasteiger partial charge in [0.25, 0.3) is 5.91 Å². The van der Waals surface area contributed by atoms with Crippen molar-refractivity contribution in [2.45, 2.75) is 24.8 Å². The summed E-state index contributed by atoms with van der Waals surface area (Å²) in [6.45, 7) is 3.70. The van der Waals surface area contributed by atoms with Gasteiger partial charge < -0.3 is 4.90 Å². The lowest BCUT2D eigenvalue weighted by Crippen LogP contribution is -2.50. The monoisotopic (exact) mass is 446 g/mol. The molecule has 0 saturated carbocycles. The van der Waals surface area contributed by atoms with Crippen LogP contribution in [0.25, 0.3) is 10.2 Å². The van der Waals surface area contributed by atoms with Crippen molar-refractivity contribution in [2.24, 2.45) is 0 Å². The number of fused-ring (bicyclic) bond motifs is 1. The summed E-state index contributed by atoms with van der Waals surface area (Å²) in [5.41, 5.74) is 1.30. The molecule has 2 aromatic heterocycles. The van der Waals surface area contributed by atoms with Gasteiger partial charge in [0.2, 0.25) is 10.0 Å². The van der Waals surface area contributed by atoms with E-state index in [1.807, 2.05) is 6.92 Å². The second-order valence-corrected chi connectivity index (χ2v) is 10.0. The Morgan fingerprint density at radius 2 is 1.80 bits per heavy atom. The van der Waals surface area contributed by atoms with Crippen LogP contribution in [0.4, 0.5) is 0 Å². The van der Waals surface area contributed by atoms with Gasteiger partial charge in [0.15, 0.2) is 0 Å². The van der Waals surface area contributed by atoms with Crippen LogP contribution >= 0.6 is 11.3 Å². The molecule has 10 heteroatoms. The van der Waals surface area contributed by atoms with Crippen molar-refractivity contribution in [1.29, 1.82) is 0 Å². The molecule has 1 aliphatic heterocycles. The van der Waals surface area contributed by atoms with E-state index in [0.29, 0.717) is 29.9 Å². The van der Waals surface area contributed by atoms with Crippen LogP contribution in [0.2, 0.25) is 0 Å². The number of rotatable bonds is 5. The van der Waals surface area contributed by atoms with E-state index >= 15 is 0 Å². The molecule has 0 N–H and O–H groups in total. The summed E-state index contributed by atoms with van der Waals surface area (Å²) in [5, 5.41) is 0. The zero-order valence-electron chi connectivity index (χ0n) is 16.5. The van der Waals surface area contributed by atoms with Gasteiger partial charge in [-0.2, -0.15) is 4.31 Å². The number of nitrogens with zero attached hydrogens (tertiary/aromatic N) is 4. The average Bonchev–Trinajstić information content (AvgIpc) is 3.08. The van der Waals surface area contributed by atoms with Gasteiger partial charge in [-0.3, -0.25) is 19.1 Å². The molecule has 0 radical (unpaired) electrons. The molecular weight excluding hydrogens is 424 g/mol. The van der Waals surface area contributed by atoms with Crippen LogP contribution in [0, 0.1) is 0 Å². The number of aryl methyl sites for hydroxylation is 1. The lowest BCUT2D eigenvalue weighted by Gasteiger charge is -2.34. The number of carbonyl (C=O) groups excluding carboxylic acids is 1. The molecule has 8 nitrogen and oxygen atoms in total. The number of thiazole rings is 1. The fourth-order valence-corrected chi connectivity index (χ4v) is 6.08. The van der Waals surface area contributed by atoms with Crippen LogP contribution in [-0.4, -0.2) is 59.3 Å². The lowest BCUT2D eigenvalue weighted by molar-refractivity contribution is 0.0698. The maximum atomic E-state index is 13.1. The average molecular weight is 447 g/mol. The fraction of sp³-hybridized carbons (Fsp3) is 0.350. The summed E-state index contributed by atoms with van der Waals surface area (Å²) in [6, 6.07) is 8.15. The Hall–Kier alpha value is -2.56. The molecule has 1 aromatic carbocycles. The third-order valence-electron chi connectivity index (χ3n) is 5.18. The van der Waals surface area contributed by atoms with Crippen molar-refractivity contribution in [3.63, 3.8) is 0 Å². The van der Waals surface area contributed by atoms with Crippen molar-refractivity contribution in [3.05, 3.63) is 58.0 Å². The third kappa shape index (κ3) is 3.78. The number of benzene rings is 1. The molecule has 0 unspecified atom stereocenters. The summed E-state index contributed by atoms with van der Waals surface area (Å²) >= 11 is 1.06. The molecule has 0 bridgehead atoms. The molecule has 0 spiro atoms. The number of hydrogen-bond acceptors (Lipinski definition) is 6. The molecule has 3 aromatic rings. The topological polar surface area (TPSA) is 92.6 Å². The highest BCUT2D eigenvalue weighted by molar-refractivity contribution is 7.89. The van der Waals surface area contributed by atoms with Crippen LogP contribution in [0.15, 0.2) is 52.4 Å². The van der Waals surface area contributed by atoms with Gasteiger partial charge in [0.1, 0.15) is 0 Å². The maximum absolute atomic E-state index is 13.1. The quantitative estimate of drug-likeness (QED) is 0.598. The zero-order valence-corrected chi connectivity index (χ0v) is 18.2. The van der Waals surface area contributed by atoms with Gasteiger partial charge in [-0.05, 0) is 36.8 Å². The Balaban J connectivity index is 1.52. The first-order valence-corrected chi connectivity index (χ1v) is 12.0. The Kier molecular flexibility index (Phi) is 5.72. The second-order valence-electron chi connectivity index (χ2n) is 7.08. The molecule has 1 fully saturated rings. The predicted molar refractivity (Wildman–Crippen MR) is 115 cm³/mol.